The van der Waals surface area contributed by atoms with E-state index in [9.17, 15) is 4.79 Å². The number of ether oxygens (including phenoxy) is 1. The van der Waals surface area contributed by atoms with E-state index in [1.165, 1.54) is 0 Å². The van der Waals surface area contributed by atoms with E-state index >= 15 is 0 Å². The Kier molecular flexibility index (Phi) is 6.79. The normalized spacial score (nSPS) is 11.6. The number of rotatable bonds is 8. The summed E-state index contributed by atoms with van der Waals surface area (Å²) in [5.74, 6) is 0.756. The molecule has 0 amide bonds. The van der Waals surface area contributed by atoms with Crippen molar-refractivity contribution < 1.29 is 9.53 Å². The van der Waals surface area contributed by atoms with Crippen LogP contribution in [0.25, 0.3) is 11.3 Å². The van der Waals surface area contributed by atoms with Gasteiger partial charge in [0, 0.05) is 17.7 Å². The minimum Gasteiger partial charge on any atom is -0.462 e. The van der Waals surface area contributed by atoms with Crippen LogP contribution in [0.2, 0.25) is 0 Å². The Hall–Kier alpha value is -3.41. The Bertz CT molecular complexity index is 960. The maximum Gasteiger partial charge on any atom is 0.340 e. The molecule has 6 nitrogen and oxygen atoms in total. The Labute approximate surface area is 171 Å². The molecular formula is C23H26N4O2. The summed E-state index contributed by atoms with van der Waals surface area (Å²) in [6.45, 7) is 6.32. The number of hydrogen-bond donors (Lipinski definition) is 2. The van der Waals surface area contributed by atoms with Crippen LogP contribution in [0.3, 0.4) is 0 Å². The van der Waals surface area contributed by atoms with Crippen LogP contribution < -0.4 is 10.6 Å². The van der Waals surface area contributed by atoms with Gasteiger partial charge in [-0.2, -0.15) is 4.98 Å². The van der Waals surface area contributed by atoms with Crippen molar-refractivity contribution in [1.29, 1.82) is 0 Å². The highest BCUT2D eigenvalue weighted by Gasteiger charge is 2.14. The van der Waals surface area contributed by atoms with E-state index in [-0.39, 0.29) is 12.0 Å². The molecule has 0 aliphatic heterocycles. The maximum atomic E-state index is 12.3. The van der Waals surface area contributed by atoms with E-state index in [1.807, 2.05) is 48.5 Å². The largest absolute Gasteiger partial charge is 0.462 e. The first-order valence-electron chi connectivity index (χ1n) is 9.85. The topological polar surface area (TPSA) is 76.1 Å². The van der Waals surface area contributed by atoms with Crippen LogP contribution in [0.1, 0.15) is 37.6 Å². The second-order valence-corrected chi connectivity index (χ2v) is 6.67. The first kappa shape index (κ1) is 20.3. The van der Waals surface area contributed by atoms with Crippen LogP contribution in [0, 0.1) is 0 Å². The molecule has 0 spiro atoms. The van der Waals surface area contributed by atoms with Crippen LogP contribution in [0.4, 0.5) is 17.5 Å². The molecule has 29 heavy (non-hydrogen) atoms. The summed E-state index contributed by atoms with van der Waals surface area (Å²) in [5.41, 5.74) is 2.83. The molecule has 0 radical (unpaired) electrons. The van der Waals surface area contributed by atoms with Crippen molar-refractivity contribution in [2.45, 2.75) is 33.2 Å². The summed E-state index contributed by atoms with van der Waals surface area (Å²) in [7, 11) is 0. The van der Waals surface area contributed by atoms with E-state index < -0.39 is 0 Å². The Morgan fingerprint density at radius 1 is 1.03 bits per heavy atom. The van der Waals surface area contributed by atoms with Crippen molar-refractivity contribution in [3.63, 3.8) is 0 Å². The number of esters is 1. The van der Waals surface area contributed by atoms with Gasteiger partial charge in [0.1, 0.15) is 5.82 Å². The van der Waals surface area contributed by atoms with Gasteiger partial charge < -0.3 is 15.4 Å². The van der Waals surface area contributed by atoms with Crippen molar-refractivity contribution in [3.8, 4) is 11.3 Å². The number of carbonyl (C=O) groups is 1. The average molecular weight is 390 g/mol. The summed E-state index contributed by atoms with van der Waals surface area (Å²) in [5, 5.41) is 6.59. The van der Waals surface area contributed by atoms with Crippen LogP contribution in [0.5, 0.6) is 0 Å². The van der Waals surface area contributed by atoms with Gasteiger partial charge in [-0.25, -0.2) is 9.78 Å². The predicted octanol–water partition coefficient (Wildman–Crippen LogP) is 5.27. The molecule has 1 heterocycles. The van der Waals surface area contributed by atoms with E-state index in [0.29, 0.717) is 23.8 Å². The molecule has 0 aliphatic rings. The number of aromatic nitrogens is 2. The van der Waals surface area contributed by atoms with Gasteiger partial charge in [-0.3, -0.25) is 0 Å². The second-order valence-electron chi connectivity index (χ2n) is 6.67. The molecule has 0 fully saturated rings. The fourth-order valence-corrected chi connectivity index (χ4v) is 2.79. The minimum atomic E-state index is -0.382. The highest BCUT2D eigenvalue weighted by atomic mass is 16.5. The van der Waals surface area contributed by atoms with Gasteiger partial charge in [-0.05, 0) is 32.4 Å². The first-order valence-corrected chi connectivity index (χ1v) is 9.85. The molecule has 1 unspecified atom stereocenters. The average Bonchev–Trinajstić information content (AvgIpc) is 2.74. The van der Waals surface area contributed by atoms with Crippen LogP contribution in [-0.2, 0) is 4.74 Å². The third-order valence-corrected chi connectivity index (χ3v) is 4.47. The number of para-hydroxylation sites is 1. The molecule has 1 atom stereocenters. The summed E-state index contributed by atoms with van der Waals surface area (Å²) in [4.78, 5) is 21.5. The Morgan fingerprint density at radius 3 is 2.48 bits per heavy atom. The zero-order chi connectivity index (χ0) is 20.6. The molecule has 3 rings (SSSR count). The fraction of sp³-hybridized carbons (Fsp3) is 0.261. The SMILES string of the molecule is CCOC(=O)c1ccccc1Nc1nc(NC(C)CC)cc(-c2ccccc2)n1. The lowest BCUT2D eigenvalue weighted by Crippen LogP contribution is -2.15. The van der Waals surface area contributed by atoms with Gasteiger partial charge in [-0.15, -0.1) is 0 Å². The lowest BCUT2D eigenvalue weighted by Gasteiger charge is -2.16. The number of carbonyl (C=O) groups excluding carboxylic acids is 1. The van der Waals surface area contributed by atoms with Crippen molar-refractivity contribution in [2.24, 2.45) is 0 Å². The van der Waals surface area contributed by atoms with Gasteiger partial charge in [0.2, 0.25) is 5.95 Å². The van der Waals surface area contributed by atoms with Crippen molar-refractivity contribution in [2.75, 3.05) is 17.2 Å². The van der Waals surface area contributed by atoms with Crippen LogP contribution >= 0.6 is 0 Å². The fourth-order valence-electron chi connectivity index (χ4n) is 2.79. The highest BCUT2D eigenvalue weighted by Crippen LogP contribution is 2.25. The van der Waals surface area contributed by atoms with Gasteiger partial charge >= 0.3 is 5.97 Å². The zero-order valence-corrected chi connectivity index (χ0v) is 17.0. The van der Waals surface area contributed by atoms with Crippen molar-refractivity contribution >= 4 is 23.4 Å². The number of benzene rings is 2. The van der Waals surface area contributed by atoms with Gasteiger partial charge in [0.05, 0.1) is 23.6 Å². The molecule has 0 saturated heterocycles. The van der Waals surface area contributed by atoms with Crippen LogP contribution in [-0.4, -0.2) is 28.6 Å². The number of anilines is 3. The van der Waals surface area contributed by atoms with Gasteiger partial charge in [-0.1, -0.05) is 49.4 Å². The van der Waals surface area contributed by atoms with Crippen LogP contribution in [0.15, 0.2) is 60.7 Å². The quantitative estimate of drug-likeness (QED) is 0.510. The molecular weight excluding hydrogens is 364 g/mol. The smallest absolute Gasteiger partial charge is 0.340 e. The predicted molar refractivity (Wildman–Crippen MR) is 117 cm³/mol. The number of nitrogens with zero attached hydrogens (tertiary/aromatic N) is 2. The molecule has 3 aromatic rings. The van der Waals surface area contributed by atoms with Gasteiger partial charge in [0.25, 0.3) is 0 Å². The number of nitrogens with one attached hydrogen (secondary N) is 2. The third-order valence-electron chi connectivity index (χ3n) is 4.47. The van der Waals surface area contributed by atoms with Gasteiger partial charge in [0.15, 0.2) is 0 Å². The lowest BCUT2D eigenvalue weighted by molar-refractivity contribution is 0.0527. The summed E-state index contributed by atoms with van der Waals surface area (Å²) in [6, 6.07) is 19.3. The number of hydrogen-bond acceptors (Lipinski definition) is 6. The lowest BCUT2D eigenvalue weighted by atomic mass is 10.1. The van der Waals surface area contributed by atoms with E-state index in [4.69, 9.17) is 4.74 Å². The van der Waals surface area contributed by atoms with E-state index in [2.05, 4.69) is 34.4 Å². The zero-order valence-electron chi connectivity index (χ0n) is 17.0. The molecule has 0 aliphatic carbocycles. The summed E-state index contributed by atoms with van der Waals surface area (Å²) >= 11 is 0. The van der Waals surface area contributed by atoms with Crippen molar-refractivity contribution in [1.82, 2.24) is 9.97 Å². The highest BCUT2D eigenvalue weighted by molar-refractivity contribution is 5.96. The molecule has 1 aromatic heterocycles. The molecule has 2 N–H and O–H groups in total. The second kappa shape index (κ2) is 9.68. The maximum absolute atomic E-state index is 12.3. The summed E-state index contributed by atoms with van der Waals surface area (Å²) in [6.07, 6.45) is 0.971. The minimum absolute atomic E-state index is 0.271. The Balaban J connectivity index is 1.99. The molecule has 150 valence electrons. The Morgan fingerprint density at radius 2 is 1.76 bits per heavy atom. The molecule has 2 aromatic carbocycles. The standard InChI is InChI=1S/C23H26N4O2/c1-4-16(3)24-21-15-20(17-11-7-6-8-12-17)26-23(27-21)25-19-14-10-9-13-18(19)22(28)29-5-2/h6-16H,4-5H2,1-3H3,(H2,24,25,26,27). The van der Waals surface area contributed by atoms with Crippen molar-refractivity contribution in [3.05, 3.63) is 66.2 Å². The summed E-state index contributed by atoms with van der Waals surface area (Å²) < 4.78 is 5.16. The molecule has 0 saturated carbocycles. The monoisotopic (exact) mass is 390 g/mol. The third kappa shape index (κ3) is 5.31. The molecule has 6 heteroatoms. The molecule has 0 bridgehead atoms. The van der Waals surface area contributed by atoms with E-state index in [1.54, 1.807) is 19.1 Å². The van der Waals surface area contributed by atoms with E-state index in [0.717, 1.165) is 23.5 Å². The first-order chi connectivity index (χ1) is 14.1.